The molecule has 1 unspecified atom stereocenters. The number of hydrogen-bond donors (Lipinski definition) is 0. The van der Waals surface area contributed by atoms with Gasteiger partial charge in [-0.2, -0.15) is 0 Å². The van der Waals surface area contributed by atoms with Gasteiger partial charge in [0.1, 0.15) is 5.82 Å². The standard InChI is InChI=1S/C19H23N5O3S/c25-18(13-28-15-9-7-14(8-10-15)24(26)27)22-12-4-5-16(22)19-21-20-17-6-2-1-3-11-23(17)19/h7-10,16H,1-6,11-13H2. The van der Waals surface area contributed by atoms with Gasteiger partial charge in [0.15, 0.2) is 5.82 Å². The molecule has 4 rings (SSSR count). The fourth-order valence-electron chi connectivity index (χ4n) is 3.98. The molecule has 28 heavy (non-hydrogen) atoms. The van der Waals surface area contributed by atoms with E-state index in [-0.39, 0.29) is 17.6 Å². The van der Waals surface area contributed by atoms with Gasteiger partial charge < -0.3 is 9.47 Å². The first kappa shape index (κ1) is 18.9. The molecular formula is C19H23N5O3S. The van der Waals surface area contributed by atoms with Gasteiger partial charge in [-0.3, -0.25) is 14.9 Å². The van der Waals surface area contributed by atoms with E-state index in [9.17, 15) is 14.9 Å². The van der Waals surface area contributed by atoms with Gasteiger partial charge in [0.05, 0.1) is 16.7 Å². The quantitative estimate of drug-likeness (QED) is 0.433. The number of aromatic nitrogens is 3. The number of aryl methyl sites for hydroxylation is 1. The molecule has 1 atom stereocenters. The van der Waals surface area contributed by atoms with E-state index in [1.165, 1.54) is 30.3 Å². The molecule has 0 radical (unpaired) electrons. The highest BCUT2D eigenvalue weighted by Gasteiger charge is 2.34. The Kier molecular flexibility index (Phi) is 5.61. The number of thioether (sulfide) groups is 1. The Morgan fingerprint density at radius 3 is 2.75 bits per heavy atom. The molecule has 2 aromatic rings. The summed E-state index contributed by atoms with van der Waals surface area (Å²) in [6.45, 7) is 1.68. The van der Waals surface area contributed by atoms with Crippen LogP contribution in [0.15, 0.2) is 29.2 Å². The van der Waals surface area contributed by atoms with Gasteiger partial charge in [-0.25, -0.2) is 0 Å². The molecule has 1 saturated heterocycles. The van der Waals surface area contributed by atoms with Crippen molar-refractivity contribution in [3.63, 3.8) is 0 Å². The second-order valence-electron chi connectivity index (χ2n) is 7.22. The average Bonchev–Trinajstić information content (AvgIpc) is 3.27. The third-order valence-corrected chi connectivity index (χ3v) is 6.42. The van der Waals surface area contributed by atoms with Crippen molar-refractivity contribution in [1.29, 1.82) is 0 Å². The SMILES string of the molecule is O=C(CSc1ccc([N+](=O)[O-])cc1)N1CCCC1c1nnc2n1CCCCC2. The smallest absolute Gasteiger partial charge is 0.269 e. The molecule has 3 heterocycles. The Bertz CT molecular complexity index is 867. The number of carbonyl (C=O) groups excluding carboxylic acids is 1. The fourth-order valence-corrected chi connectivity index (χ4v) is 4.76. The summed E-state index contributed by atoms with van der Waals surface area (Å²) in [5.41, 5.74) is 0.0581. The predicted octanol–water partition coefficient (Wildman–Crippen LogP) is 3.37. The van der Waals surface area contributed by atoms with E-state index in [1.807, 2.05) is 4.90 Å². The number of carbonyl (C=O) groups is 1. The van der Waals surface area contributed by atoms with Crippen LogP contribution < -0.4 is 0 Å². The van der Waals surface area contributed by atoms with E-state index >= 15 is 0 Å². The van der Waals surface area contributed by atoms with E-state index in [0.717, 1.165) is 61.7 Å². The number of nitro groups is 1. The summed E-state index contributed by atoms with van der Waals surface area (Å²) in [5.74, 6) is 2.38. The lowest BCUT2D eigenvalue weighted by atomic mass is 10.2. The zero-order valence-corrected chi connectivity index (χ0v) is 16.4. The number of rotatable bonds is 5. The Morgan fingerprint density at radius 1 is 1.14 bits per heavy atom. The van der Waals surface area contributed by atoms with Crippen molar-refractivity contribution >= 4 is 23.4 Å². The Labute approximate surface area is 167 Å². The van der Waals surface area contributed by atoms with Gasteiger partial charge in [0, 0.05) is 36.5 Å². The first-order valence-electron chi connectivity index (χ1n) is 9.72. The van der Waals surface area contributed by atoms with Crippen LogP contribution in [0, 0.1) is 10.1 Å². The number of nitrogens with zero attached hydrogens (tertiary/aromatic N) is 5. The number of benzene rings is 1. The molecule has 2 aliphatic heterocycles. The monoisotopic (exact) mass is 401 g/mol. The normalized spacial score (nSPS) is 19.3. The molecule has 0 N–H and O–H groups in total. The summed E-state index contributed by atoms with van der Waals surface area (Å²) in [4.78, 5) is 26.0. The fraction of sp³-hybridized carbons (Fsp3) is 0.526. The summed E-state index contributed by atoms with van der Waals surface area (Å²) >= 11 is 1.41. The largest absolute Gasteiger partial charge is 0.332 e. The molecule has 9 heteroatoms. The van der Waals surface area contributed by atoms with Crippen molar-refractivity contribution in [2.45, 2.75) is 56.0 Å². The van der Waals surface area contributed by atoms with E-state index in [0.29, 0.717) is 5.75 Å². The predicted molar refractivity (Wildman–Crippen MR) is 105 cm³/mol. The molecule has 1 aromatic heterocycles. The molecule has 0 spiro atoms. The van der Waals surface area contributed by atoms with Crippen LogP contribution in [0.1, 0.15) is 49.8 Å². The Morgan fingerprint density at radius 2 is 1.96 bits per heavy atom. The van der Waals surface area contributed by atoms with Crippen LogP contribution in [0.3, 0.4) is 0 Å². The summed E-state index contributed by atoms with van der Waals surface area (Å²) in [5, 5.41) is 19.6. The van der Waals surface area contributed by atoms with Gasteiger partial charge in [0.2, 0.25) is 5.91 Å². The number of fused-ring (bicyclic) bond motifs is 1. The molecular weight excluding hydrogens is 378 g/mol. The molecule has 1 fully saturated rings. The lowest BCUT2D eigenvalue weighted by molar-refractivity contribution is -0.384. The van der Waals surface area contributed by atoms with Gasteiger partial charge >= 0.3 is 0 Å². The average molecular weight is 401 g/mol. The summed E-state index contributed by atoms with van der Waals surface area (Å²) < 4.78 is 2.23. The number of likely N-dealkylation sites (tertiary alicyclic amines) is 1. The molecule has 2 aliphatic rings. The van der Waals surface area contributed by atoms with Crippen LogP contribution in [-0.2, 0) is 17.8 Å². The van der Waals surface area contributed by atoms with Crippen LogP contribution >= 0.6 is 11.8 Å². The van der Waals surface area contributed by atoms with Crippen molar-refractivity contribution in [1.82, 2.24) is 19.7 Å². The number of nitro benzene ring substituents is 1. The van der Waals surface area contributed by atoms with E-state index < -0.39 is 4.92 Å². The zero-order valence-electron chi connectivity index (χ0n) is 15.6. The van der Waals surface area contributed by atoms with Crippen LogP contribution in [0.25, 0.3) is 0 Å². The summed E-state index contributed by atoms with van der Waals surface area (Å²) in [6.07, 6.45) is 6.35. The Balaban J connectivity index is 1.42. The molecule has 0 bridgehead atoms. The van der Waals surface area contributed by atoms with Crippen molar-refractivity contribution in [3.05, 3.63) is 46.0 Å². The van der Waals surface area contributed by atoms with Gasteiger partial charge in [0.25, 0.3) is 5.69 Å². The molecule has 1 amide bonds. The number of hydrogen-bond acceptors (Lipinski definition) is 6. The van der Waals surface area contributed by atoms with Crippen LogP contribution in [0.2, 0.25) is 0 Å². The van der Waals surface area contributed by atoms with Crippen molar-refractivity contribution in [3.8, 4) is 0 Å². The minimum absolute atomic E-state index is 0.00399. The first-order chi connectivity index (χ1) is 13.6. The van der Waals surface area contributed by atoms with Crippen LogP contribution in [0.5, 0.6) is 0 Å². The highest BCUT2D eigenvalue weighted by atomic mass is 32.2. The summed E-state index contributed by atoms with van der Waals surface area (Å²) in [7, 11) is 0. The number of non-ortho nitro benzene ring substituents is 1. The second kappa shape index (κ2) is 8.30. The first-order valence-corrected chi connectivity index (χ1v) is 10.7. The lowest BCUT2D eigenvalue weighted by Crippen LogP contribution is -2.33. The zero-order chi connectivity index (χ0) is 19.5. The maximum atomic E-state index is 12.9. The molecule has 0 aliphatic carbocycles. The highest BCUT2D eigenvalue weighted by molar-refractivity contribution is 8.00. The summed E-state index contributed by atoms with van der Waals surface area (Å²) in [6, 6.07) is 6.32. The molecule has 0 saturated carbocycles. The third-order valence-electron chi connectivity index (χ3n) is 5.42. The third kappa shape index (κ3) is 3.89. The molecule has 148 valence electrons. The minimum atomic E-state index is -0.421. The van der Waals surface area contributed by atoms with Gasteiger partial charge in [-0.1, -0.05) is 6.42 Å². The lowest BCUT2D eigenvalue weighted by Gasteiger charge is -2.24. The van der Waals surface area contributed by atoms with Crippen LogP contribution in [0.4, 0.5) is 5.69 Å². The maximum Gasteiger partial charge on any atom is 0.269 e. The van der Waals surface area contributed by atoms with E-state index in [1.54, 1.807) is 12.1 Å². The molecule has 1 aromatic carbocycles. The van der Waals surface area contributed by atoms with E-state index in [4.69, 9.17) is 0 Å². The second-order valence-corrected chi connectivity index (χ2v) is 8.27. The highest BCUT2D eigenvalue weighted by Crippen LogP contribution is 2.33. The van der Waals surface area contributed by atoms with E-state index in [2.05, 4.69) is 14.8 Å². The Hall–Kier alpha value is -2.42. The number of amides is 1. The van der Waals surface area contributed by atoms with Crippen molar-refractivity contribution in [2.24, 2.45) is 0 Å². The topological polar surface area (TPSA) is 94.2 Å². The van der Waals surface area contributed by atoms with Crippen molar-refractivity contribution in [2.75, 3.05) is 12.3 Å². The van der Waals surface area contributed by atoms with Crippen LogP contribution in [-0.4, -0.2) is 42.8 Å². The van der Waals surface area contributed by atoms with Crippen molar-refractivity contribution < 1.29 is 9.72 Å². The molecule has 8 nitrogen and oxygen atoms in total. The maximum absolute atomic E-state index is 12.9. The van der Waals surface area contributed by atoms with Gasteiger partial charge in [-0.05, 0) is 37.8 Å². The minimum Gasteiger partial charge on any atom is -0.332 e. The van der Waals surface area contributed by atoms with Gasteiger partial charge in [-0.15, -0.1) is 22.0 Å².